The van der Waals surface area contributed by atoms with E-state index in [2.05, 4.69) is 4.90 Å². The SMILES string of the molecule is CSc1ccc([N+](=O)[O-])c(C(=O)N2CCN(c3ccc(F)cc3)CC2)c1. The number of benzene rings is 2. The molecule has 6 nitrogen and oxygen atoms in total. The monoisotopic (exact) mass is 375 g/mol. The van der Waals surface area contributed by atoms with Crippen LogP contribution >= 0.6 is 11.8 Å². The van der Waals surface area contributed by atoms with E-state index in [4.69, 9.17) is 0 Å². The van der Waals surface area contributed by atoms with Crippen LogP contribution in [0.25, 0.3) is 0 Å². The minimum atomic E-state index is -0.522. The van der Waals surface area contributed by atoms with Crippen LogP contribution in [0.4, 0.5) is 15.8 Å². The van der Waals surface area contributed by atoms with Crippen LogP contribution in [0, 0.1) is 15.9 Å². The maximum atomic E-state index is 13.0. The zero-order chi connectivity index (χ0) is 18.7. The van der Waals surface area contributed by atoms with Gasteiger partial charge in [-0.1, -0.05) is 0 Å². The minimum Gasteiger partial charge on any atom is -0.368 e. The number of halogens is 1. The van der Waals surface area contributed by atoms with Crippen molar-refractivity contribution in [2.45, 2.75) is 4.90 Å². The fourth-order valence-corrected chi connectivity index (χ4v) is 3.40. The zero-order valence-electron chi connectivity index (χ0n) is 14.2. The Kier molecular flexibility index (Phi) is 5.41. The first-order chi connectivity index (χ1) is 12.5. The number of amides is 1. The van der Waals surface area contributed by atoms with Crippen molar-refractivity contribution >= 4 is 29.0 Å². The topological polar surface area (TPSA) is 66.7 Å². The first-order valence-corrected chi connectivity index (χ1v) is 9.34. The number of nitro benzene ring substituents is 1. The summed E-state index contributed by atoms with van der Waals surface area (Å²) in [5.41, 5.74) is 0.847. The van der Waals surface area contributed by atoms with Gasteiger partial charge in [0, 0.05) is 42.8 Å². The largest absolute Gasteiger partial charge is 0.368 e. The van der Waals surface area contributed by atoms with Crippen molar-refractivity contribution in [1.82, 2.24) is 4.90 Å². The number of nitrogens with zero attached hydrogens (tertiary/aromatic N) is 3. The summed E-state index contributed by atoms with van der Waals surface area (Å²) in [6.45, 7) is 2.09. The molecule has 26 heavy (non-hydrogen) atoms. The molecule has 1 amide bonds. The van der Waals surface area contributed by atoms with E-state index < -0.39 is 4.92 Å². The predicted octanol–water partition coefficient (Wildman–Crippen LogP) is 3.42. The Bertz CT molecular complexity index is 821. The molecule has 1 aliphatic rings. The average molecular weight is 375 g/mol. The molecule has 1 saturated heterocycles. The van der Waals surface area contributed by atoms with Crippen molar-refractivity contribution in [3.63, 3.8) is 0 Å². The molecule has 8 heteroatoms. The molecule has 2 aromatic rings. The molecule has 1 fully saturated rings. The van der Waals surface area contributed by atoms with Gasteiger partial charge in [0.1, 0.15) is 11.4 Å². The van der Waals surface area contributed by atoms with Crippen molar-refractivity contribution < 1.29 is 14.1 Å². The summed E-state index contributed by atoms with van der Waals surface area (Å²) in [5.74, 6) is -0.616. The molecule has 0 aromatic heterocycles. The van der Waals surface area contributed by atoms with E-state index in [0.29, 0.717) is 26.2 Å². The van der Waals surface area contributed by atoms with Gasteiger partial charge in [-0.3, -0.25) is 14.9 Å². The zero-order valence-corrected chi connectivity index (χ0v) is 15.0. The smallest absolute Gasteiger partial charge is 0.282 e. The van der Waals surface area contributed by atoms with Crippen molar-refractivity contribution in [1.29, 1.82) is 0 Å². The summed E-state index contributed by atoms with van der Waals surface area (Å²) >= 11 is 1.43. The highest BCUT2D eigenvalue weighted by atomic mass is 32.2. The lowest BCUT2D eigenvalue weighted by molar-refractivity contribution is -0.385. The number of rotatable bonds is 4. The first-order valence-electron chi connectivity index (χ1n) is 8.12. The number of anilines is 1. The number of carbonyl (C=O) groups excluding carboxylic acids is 1. The van der Waals surface area contributed by atoms with Crippen molar-refractivity contribution in [2.24, 2.45) is 0 Å². The molecule has 0 unspecified atom stereocenters. The lowest BCUT2D eigenvalue weighted by atomic mass is 10.1. The van der Waals surface area contributed by atoms with Gasteiger partial charge in [-0.2, -0.15) is 0 Å². The van der Waals surface area contributed by atoms with E-state index in [1.165, 1.54) is 30.0 Å². The number of hydrogen-bond donors (Lipinski definition) is 0. The summed E-state index contributed by atoms with van der Waals surface area (Å²) in [5, 5.41) is 11.3. The molecule has 0 bridgehead atoms. The fraction of sp³-hybridized carbons (Fsp3) is 0.278. The molecule has 3 rings (SSSR count). The van der Waals surface area contributed by atoms with E-state index >= 15 is 0 Å². The molecule has 1 aliphatic heterocycles. The second-order valence-electron chi connectivity index (χ2n) is 5.90. The van der Waals surface area contributed by atoms with Crippen LogP contribution in [-0.2, 0) is 0 Å². The first kappa shape index (κ1) is 18.2. The molecule has 0 N–H and O–H groups in total. The normalized spacial score (nSPS) is 14.4. The van der Waals surface area contributed by atoms with E-state index in [0.717, 1.165) is 10.6 Å². The van der Waals surface area contributed by atoms with Gasteiger partial charge in [-0.15, -0.1) is 11.8 Å². The van der Waals surface area contributed by atoms with Crippen LogP contribution in [-0.4, -0.2) is 48.2 Å². The van der Waals surface area contributed by atoms with Crippen molar-refractivity contribution in [3.8, 4) is 0 Å². The summed E-state index contributed by atoms with van der Waals surface area (Å²) < 4.78 is 13.0. The van der Waals surface area contributed by atoms with Crippen LogP contribution in [0.2, 0.25) is 0 Å². The van der Waals surface area contributed by atoms with Crippen LogP contribution in [0.15, 0.2) is 47.4 Å². The molecule has 136 valence electrons. The van der Waals surface area contributed by atoms with E-state index in [9.17, 15) is 19.3 Å². The molecule has 0 aliphatic carbocycles. The lowest BCUT2D eigenvalue weighted by Crippen LogP contribution is -2.48. The van der Waals surface area contributed by atoms with Gasteiger partial charge in [0.05, 0.1) is 4.92 Å². The number of carbonyl (C=O) groups is 1. The van der Waals surface area contributed by atoms with Crippen LogP contribution in [0.3, 0.4) is 0 Å². The summed E-state index contributed by atoms with van der Waals surface area (Å²) in [7, 11) is 0. The third-order valence-corrected chi connectivity index (χ3v) is 5.11. The predicted molar refractivity (Wildman–Crippen MR) is 99.4 cm³/mol. The average Bonchev–Trinajstić information content (AvgIpc) is 2.67. The van der Waals surface area contributed by atoms with Gasteiger partial charge in [-0.05, 0) is 42.7 Å². The second-order valence-corrected chi connectivity index (χ2v) is 6.78. The Morgan fingerprint density at radius 1 is 1.12 bits per heavy atom. The summed E-state index contributed by atoms with van der Waals surface area (Å²) in [6, 6.07) is 10.8. The van der Waals surface area contributed by atoms with Gasteiger partial charge in [0.2, 0.25) is 0 Å². The summed E-state index contributed by atoms with van der Waals surface area (Å²) in [6.07, 6.45) is 1.86. The van der Waals surface area contributed by atoms with Gasteiger partial charge >= 0.3 is 0 Å². The molecule has 2 aromatic carbocycles. The Morgan fingerprint density at radius 2 is 1.77 bits per heavy atom. The van der Waals surface area contributed by atoms with Crippen LogP contribution < -0.4 is 4.90 Å². The van der Waals surface area contributed by atoms with Gasteiger partial charge < -0.3 is 9.80 Å². The van der Waals surface area contributed by atoms with Gasteiger partial charge in [0.25, 0.3) is 11.6 Å². The lowest BCUT2D eigenvalue weighted by Gasteiger charge is -2.36. The van der Waals surface area contributed by atoms with Crippen molar-refractivity contribution in [2.75, 3.05) is 37.3 Å². The highest BCUT2D eigenvalue weighted by Gasteiger charge is 2.28. The van der Waals surface area contributed by atoms with Crippen molar-refractivity contribution in [3.05, 3.63) is 64.0 Å². The number of thioether (sulfide) groups is 1. The fourth-order valence-electron chi connectivity index (χ4n) is 2.96. The minimum absolute atomic E-state index is 0.122. The Hall–Kier alpha value is -2.61. The van der Waals surface area contributed by atoms with Gasteiger partial charge in [0.15, 0.2) is 0 Å². The molecule has 0 radical (unpaired) electrons. The van der Waals surface area contributed by atoms with Crippen LogP contribution in [0.1, 0.15) is 10.4 Å². The molecular formula is C18H18FN3O3S. The summed E-state index contributed by atoms with van der Waals surface area (Å²) in [4.78, 5) is 28.1. The second kappa shape index (κ2) is 7.74. The molecule has 0 saturated carbocycles. The standard InChI is InChI=1S/C18H18FN3O3S/c1-26-15-6-7-17(22(24)25)16(12-15)18(23)21-10-8-20(9-11-21)14-4-2-13(19)3-5-14/h2-7,12H,8-11H2,1H3. The van der Waals surface area contributed by atoms with E-state index in [1.54, 1.807) is 29.2 Å². The Balaban J connectivity index is 1.74. The highest BCUT2D eigenvalue weighted by molar-refractivity contribution is 7.98. The van der Waals surface area contributed by atoms with Crippen LogP contribution in [0.5, 0.6) is 0 Å². The third-order valence-electron chi connectivity index (χ3n) is 4.39. The molecule has 0 spiro atoms. The van der Waals surface area contributed by atoms with E-state index in [-0.39, 0.29) is 23.0 Å². The molecule has 0 atom stereocenters. The van der Waals surface area contributed by atoms with Gasteiger partial charge in [-0.25, -0.2) is 4.39 Å². The number of piperazine rings is 1. The highest BCUT2D eigenvalue weighted by Crippen LogP contribution is 2.27. The number of nitro groups is 1. The number of hydrogen-bond acceptors (Lipinski definition) is 5. The quantitative estimate of drug-likeness (QED) is 0.465. The Labute approximate surface area is 154 Å². The molecular weight excluding hydrogens is 357 g/mol. The Morgan fingerprint density at radius 3 is 2.35 bits per heavy atom. The molecule has 1 heterocycles. The third kappa shape index (κ3) is 3.80. The van der Waals surface area contributed by atoms with E-state index in [1.807, 2.05) is 6.26 Å². The maximum absolute atomic E-state index is 13.0. The maximum Gasteiger partial charge on any atom is 0.282 e.